The molecule has 0 bridgehead atoms. The molecule has 2 aromatic heterocycles. The van der Waals surface area contributed by atoms with Gasteiger partial charge < -0.3 is 20.5 Å². The minimum Gasteiger partial charge on any atom is -0.491 e. The molecule has 0 spiro atoms. The van der Waals surface area contributed by atoms with Crippen LogP contribution in [0.5, 0.6) is 5.75 Å². The fourth-order valence-electron chi connectivity index (χ4n) is 4.18. The second kappa shape index (κ2) is 14.6. The maximum Gasteiger partial charge on any atom is 0.254 e. The third-order valence-corrected chi connectivity index (χ3v) is 9.68. The molecule has 0 aliphatic rings. The number of nitrogens with two attached hydrogens (primary N) is 1. The van der Waals surface area contributed by atoms with Crippen LogP contribution in [0, 0.1) is 5.82 Å². The van der Waals surface area contributed by atoms with E-state index >= 15 is 0 Å². The van der Waals surface area contributed by atoms with Crippen LogP contribution in [-0.4, -0.2) is 61.1 Å². The van der Waals surface area contributed by atoms with Crippen molar-refractivity contribution in [3.05, 3.63) is 78.0 Å². The summed E-state index contributed by atoms with van der Waals surface area (Å²) in [6, 6.07) is 11.7. The fourth-order valence-corrected chi connectivity index (χ4v) is 5.58. The summed E-state index contributed by atoms with van der Waals surface area (Å²) >= 11 is 0. The average Bonchev–Trinajstić information content (AvgIpc) is 3.35. The van der Waals surface area contributed by atoms with Crippen molar-refractivity contribution >= 4 is 41.3 Å². The number of sulfonamides is 1. The van der Waals surface area contributed by atoms with Crippen molar-refractivity contribution in [1.82, 2.24) is 19.7 Å². The van der Waals surface area contributed by atoms with Crippen molar-refractivity contribution in [2.24, 2.45) is 5.73 Å². The minimum atomic E-state index is -3.64. The molecule has 4 N–H and O–H groups in total. The maximum absolute atomic E-state index is 13.3. The summed E-state index contributed by atoms with van der Waals surface area (Å²) in [7, 11) is -4.99. The number of ether oxygens (including phenoxy) is 2. The summed E-state index contributed by atoms with van der Waals surface area (Å²) < 4.78 is 54.3. The molecule has 0 atom stereocenters. The predicted octanol–water partition coefficient (Wildman–Crippen LogP) is 5.02. The van der Waals surface area contributed by atoms with Gasteiger partial charge in [-0.2, -0.15) is 5.10 Å². The topological polar surface area (TPSA) is 163 Å². The van der Waals surface area contributed by atoms with Gasteiger partial charge in [0.05, 0.1) is 24.2 Å². The Morgan fingerprint density at radius 3 is 2.49 bits per heavy atom. The van der Waals surface area contributed by atoms with E-state index in [0.717, 1.165) is 11.6 Å². The van der Waals surface area contributed by atoms with Gasteiger partial charge >= 0.3 is 0 Å². The van der Waals surface area contributed by atoms with Crippen LogP contribution < -0.4 is 20.5 Å². The van der Waals surface area contributed by atoms with Gasteiger partial charge in [0.25, 0.3) is 5.91 Å². The van der Waals surface area contributed by atoms with Crippen LogP contribution >= 0.6 is 0 Å². The second-order valence-electron chi connectivity index (χ2n) is 11.4. The largest absolute Gasteiger partial charge is 0.491 e. The van der Waals surface area contributed by atoms with Crippen molar-refractivity contribution in [1.29, 1.82) is 0 Å². The lowest BCUT2D eigenvalue weighted by atomic mass is 10.1. The molecule has 240 valence electrons. The SMILES string of the molecule is CCS(=O)(=O)Nc1ccc(-c2nn(COCC[Si](C)(C)C)c(Nc3cnccn3)c2C(N)=O)cc1OCCc1ccc(F)cc1. The summed E-state index contributed by atoms with van der Waals surface area (Å²) in [6.07, 6.45) is 4.96. The number of aromatic nitrogens is 4. The quantitative estimate of drug-likeness (QED) is 0.111. The number of hydrogen-bond donors (Lipinski definition) is 3. The number of anilines is 3. The maximum atomic E-state index is 13.3. The first kappa shape index (κ1) is 33.5. The Kier molecular flexibility index (Phi) is 10.9. The summed E-state index contributed by atoms with van der Waals surface area (Å²) in [5, 5.41) is 7.79. The molecule has 12 nitrogen and oxygen atoms in total. The predicted molar refractivity (Wildman–Crippen MR) is 174 cm³/mol. The number of amides is 1. The molecule has 4 rings (SSSR count). The van der Waals surface area contributed by atoms with Gasteiger partial charge in [-0.05, 0) is 42.8 Å². The number of benzene rings is 2. The van der Waals surface area contributed by atoms with E-state index in [1.165, 1.54) is 42.3 Å². The van der Waals surface area contributed by atoms with Crippen LogP contribution in [0.25, 0.3) is 11.3 Å². The molecule has 0 fully saturated rings. The number of rotatable bonds is 16. The summed E-state index contributed by atoms with van der Waals surface area (Å²) in [5.41, 5.74) is 7.71. The van der Waals surface area contributed by atoms with Crippen molar-refractivity contribution < 1.29 is 27.1 Å². The zero-order chi connectivity index (χ0) is 32.6. The number of carbonyl (C=O) groups is 1. The molecule has 45 heavy (non-hydrogen) atoms. The summed E-state index contributed by atoms with van der Waals surface area (Å²) in [6.45, 7) is 8.98. The molecule has 0 saturated carbocycles. The van der Waals surface area contributed by atoms with Crippen LogP contribution in [0.1, 0.15) is 22.8 Å². The van der Waals surface area contributed by atoms with Gasteiger partial charge in [0.15, 0.2) is 0 Å². The van der Waals surface area contributed by atoms with Crippen LogP contribution in [0.15, 0.2) is 61.1 Å². The van der Waals surface area contributed by atoms with Crippen molar-refractivity contribution in [2.75, 3.05) is 29.0 Å². The second-order valence-corrected chi connectivity index (χ2v) is 19.1. The van der Waals surface area contributed by atoms with Gasteiger partial charge in [-0.15, -0.1) is 0 Å². The van der Waals surface area contributed by atoms with E-state index in [0.29, 0.717) is 24.4 Å². The highest BCUT2D eigenvalue weighted by Gasteiger charge is 2.25. The Labute approximate surface area is 263 Å². The van der Waals surface area contributed by atoms with Gasteiger partial charge in [-0.3, -0.25) is 14.5 Å². The number of primary amides is 1. The first-order valence-electron chi connectivity index (χ1n) is 14.4. The molecule has 4 aromatic rings. The molecule has 1 amide bonds. The Hall–Kier alpha value is -4.34. The van der Waals surface area contributed by atoms with E-state index in [-0.39, 0.29) is 53.4 Å². The Morgan fingerprint density at radius 1 is 1.09 bits per heavy atom. The molecule has 0 saturated heterocycles. The lowest BCUT2D eigenvalue weighted by Gasteiger charge is -2.16. The zero-order valence-corrected chi connectivity index (χ0v) is 27.5. The first-order valence-corrected chi connectivity index (χ1v) is 19.7. The average molecular weight is 656 g/mol. The Bertz CT molecular complexity index is 1710. The lowest BCUT2D eigenvalue weighted by Crippen LogP contribution is -2.22. The smallest absolute Gasteiger partial charge is 0.254 e. The van der Waals surface area contributed by atoms with Crippen molar-refractivity contribution in [3.8, 4) is 17.0 Å². The Morgan fingerprint density at radius 2 is 1.84 bits per heavy atom. The number of halogens is 1. The van der Waals surface area contributed by atoms with E-state index < -0.39 is 24.0 Å². The fraction of sp³-hybridized carbons (Fsp3) is 0.333. The number of nitrogens with one attached hydrogen (secondary N) is 2. The highest BCUT2D eigenvalue weighted by atomic mass is 32.2. The third kappa shape index (κ3) is 9.57. The van der Waals surface area contributed by atoms with Gasteiger partial charge in [0, 0.05) is 39.1 Å². The van der Waals surface area contributed by atoms with E-state index in [9.17, 15) is 17.6 Å². The van der Waals surface area contributed by atoms with Crippen molar-refractivity contribution in [2.45, 2.75) is 45.8 Å². The molecule has 0 radical (unpaired) electrons. The van der Waals surface area contributed by atoms with E-state index in [1.54, 1.807) is 30.3 Å². The summed E-state index contributed by atoms with van der Waals surface area (Å²) in [4.78, 5) is 21.2. The monoisotopic (exact) mass is 655 g/mol. The highest BCUT2D eigenvalue weighted by molar-refractivity contribution is 7.92. The first-order chi connectivity index (χ1) is 21.3. The van der Waals surface area contributed by atoms with Gasteiger partial charge in [0.2, 0.25) is 10.0 Å². The van der Waals surface area contributed by atoms with Gasteiger partial charge in [-0.25, -0.2) is 22.5 Å². The van der Waals surface area contributed by atoms with Crippen molar-refractivity contribution in [3.63, 3.8) is 0 Å². The number of carbonyl (C=O) groups excluding carboxylic acids is 1. The number of nitrogens with zero attached hydrogens (tertiary/aromatic N) is 4. The van der Waals surface area contributed by atoms with Gasteiger partial charge in [-0.1, -0.05) is 37.8 Å². The zero-order valence-electron chi connectivity index (χ0n) is 25.7. The normalized spacial score (nSPS) is 11.8. The van der Waals surface area contributed by atoms with Crippen LogP contribution in [-0.2, 0) is 27.9 Å². The molecule has 0 aliphatic carbocycles. The van der Waals surface area contributed by atoms with Crippen LogP contribution in [0.2, 0.25) is 25.7 Å². The standard InChI is InChI=1S/C30H38FN7O5SSi/c1-5-44(40,41)37-24-11-8-22(18-25(24)43-15-12-21-6-9-23(31)10-7-21)28-27(29(32)39)30(35-26-19-33-13-14-34-26)38(36-28)20-42-16-17-45(2,3)4/h6-11,13-14,18-19,37H,5,12,15-17,20H2,1-4H3,(H2,32,39)(H,34,35). The lowest BCUT2D eigenvalue weighted by molar-refractivity contribution is 0.0802. The molecule has 0 aliphatic heterocycles. The third-order valence-electron chi connectivity index (χ3n) is 6.68. The molecule has 0 unspecified atom stereocenters. The van der Waals surface area contributed by atoms with Crippen LogP contribution in [0.4, 0.5) is 21.7 Å². The molecular weight excluding hydrogens is 618 g/mol. The summed E-state index contributed by atoms with van der Waals surface area (Å²) in [5.74, 6) is -0.395. The van der Waals surface area contributed by atoms with Gasteiger partial charge in [0.1, 0.15) is 41.2 Å². The minimum absolute atomic E-state index is 0.0305. The van der Waals surface area contributed by atoms with E-state index in [4.69, 9.17) is 20.3 Å². The van der Waals surface area contributed by atoms with Crippen LogP contribution in [0.3, 0.4) is 0 Å². The molecule has 15 heteroatoms. The molecular formula is C30H38FN7O5SSi. The Balaban J connectivity index is 1.73. The van der Waals surface area contributed by atoms with E-state index in [2.05, 4.69) is 39.6 Å². The highest BCUT2D eigenvalue weighted by Crippen LogP contribution is 2.36. The molecule has 2 aromatic carbocycles. The number of hydrogen-bond acceptors (Lipinski definition) is 9. The molecule has 2 heterocycles. The van der Waals surface area contributed by atoms with E-state index in [1.807, 2.05) is 0 Å².